The first-order valence-electron chi connectivity index (χ1n) is 5.35. The summed E-state index contributed by atoms with van der Waals surface area (Å²) in [7, 11) is 1.34. The van der Waals surface area contributed by atoms with Gasteiger partial charge >= 0.3 is 0 Å². The molecule has 0 radical (unpaired) electrons. The van der Waals surface area contributed by atoms with Gasteiger partial charge in [0.1, 0.15) is 5.60 Å². The summed E-state index contributed by atoms with van der Waals surface area (Å²) in [6.45, 7) is 3.23. The number of halogens is 3. The Bertz CT molecular complexity index is 459. The number of methoxy groups -OCH3 is 1. The average molecular weight is 261 g/mol. The lowest BCUT2D eigenvalue weighted by Crippen LogP contribution is -2.41. The molecule has 0 spiro atoms. The van der Waals surface area contributed by atoms with Crippen LogP contribution in [0.5, 0.6) is 0 Å². The van der Waals surface area contributed by atoms with Gasteiger partial charge in [-0.25, -0.2) is 13.2 Å². The van der Waals surface area contributed by atoms with Crippen molar-refractivity contribution in [1.29, 1.82) is 0 Å². The molecular formula is C12H14F3NO2. The second kappa shape index (κ2) is 5.39. The van der Waals surface area contributed by atoms with E-state index in [0.717, 1.165) is 12.1 Å². The zero-order valence-electron chi connectivity index (χ0n) is 10.3. The second-order valence-electron chi connectivity index (χ2n) is 3.97. The van der Waals surface area contributed by atoms with Crippen LogP contribution in [0.2, 0.25) is 0 Å². The number of nitrogens with one attached hydrogen (secondary N) is 1. The second-order valence-corrected chi connectivity index (χ2v) is 3.97. The van der Waals surface area contributed by atoms with Crippen LogP contribution in [0.25, 0.3) is 0 Å². The van der Waals surface area contributed by atoms with Gasteiger partial charge in [-0.1, -0.05) is 6.92 Å². The van der Waals surface area contributed by atoms with E-state index in [1.165, 1.54) is 14.0 Å². The van der Waals surface area contributed by atoms with Crippen molar-refractivity contribution in [3.05, 3.63) is 29.6 Å². The molecule has 0 aliphatic carbocycles. The third-order valence-electron chi connectivity index (χ3n) is 2.89. The van der Waals surface area contributed by atoms with Crippen LogP contribution in [0.3, 0.4) is 0 Å². The molecule has 0 bridgehead atoms. The highest BCUT2D eigenvalue weighted by Crippen LogP contribution is 2.22. The molecule has 100 valence electrons. The van der Waals surface area contributed by atoms with Crippen LogP contribution in [0.4, 0.5) is 18.9 Å². The van der Waals surface area contributed by atoms with Crippen molar-refractivity contribution in [1.82, 2.24) is 0 Å². The van der Waals surface area contributed by atoms with E-state index in [9.17, 15) is 18.0 Å². The van der Waals surface area contributed by atoms with Crippen molar-refractivity contribution in [2.45, 2.75) is 25.9 Å². The van der Waals surface area contributed by atoms with Crippen LogP contribution in [0.1, 0.15) is 20.3 Å². The lowest BCUT2D eigenvalue weighted by molar-refractivity contribution is -0.136. The molecular weight excluding hydrogens is 247 g/mol. The van der Waals surface area contributed by atoms with Gasteiger partial charge in [-0.3, -0.25) is 4.79 Å². The van der Waals surface area contributed by atoms with Crippen molar-refractivity contribution >= 4 is 11.6 Å². The van der Waals surface area contributed by atoms with Crippen molar-refractivity contribution in [2.24, 2.45) is 0 Å². The van der Waals surface area contributed by atoms with Gasteiger partial charge in [0.25, 0.3) is 5.91 Å². The molecule has 1 amide bonds. The summed E-state index contributed by atoms with van der Waals surface area (Å²) in [5.74, 6) is -4.99. The van der Waals surface area contributed by atoms with Gasteiger partial charge in [0.15, 0.2) is 17.5 Å². The number of carbonyl (C=O) groups is 1. The van der Waals surface area contributed by atoms with E-state index in [1.807, 2.05) is 0 Å². The average Bonchev–Trinajstić information content (AvgIpc) is 2.38. The van der Waals surface area contributed by atoms with E-state index >= 15 is 0 Å². The van der Waals surface area contributed by atoms with Gasteiger partial charge in [0.05, 0.1) is 5.69 Å². The van der Waals surface area contributed by atoms with E-state index < -0.39 is 34.6 Å². The maximum atomic E-state index is 13.3. The SMILES string of the molecule is CCC(C)(OC)C(=O)Nc1ccc(F)c(F)c1F. The van der Waals surface area contributed by atoms with Crippen LogP contribution >= 0.6 is 0 Å². The van der Waals surface area contributed by atoms with Crippen LogP contribution in [0, 0.1) is 17.5 Å². The number of ether oxygens (including phenoxy) is 1. The molecule has 6 heteroatoms. The predicted molar refractivity (Wildman–Crippen MR) is 60.7 cm³/mol. The molecule has 0 aliphatic heterocycles. The molecule has 0 saturated heterocycles. The van der Waals surface area contributed by atoms with Crippen molar-refractivity contribution in [3.8, 4) is 0 Å². The molecule has 0 aliphatic rings. The zero-order valence-corrected chi connectivity index (χ0v) is 10.3. The van der Waals surface area contributed by atoms with Crippen LogP contribution in [-0.4, -0.2) is 18.6 Å². The number of benzene rings is 1. The van der Waals surface area contributed by atoms with Gasteiger partial charge < -0.3 is 10.1 Å². The number of hydrogen-bond donors (Lipinski definition) is 1. The minimum atomic E-state index is -1.62. The summed E-state index contributed by atoms with van der Waals surface area (Å²) in [5, 5.41) is 2.18. The van der Waals surface area contributed by atoms with Gasteiger partial charge in [0.2, 0.25) is 0 Å². The summed E-state index contributed by atoms with van der Waals surface area (Å²) in [6.07, 6.45) is 0.348. The Morgan fingerprint density at radius 3 is 2.44 bits per heavy atom. The van der Waals surface area contributed by atoms with Crippen LogP contribution < -0.4 is 5.32 Å². The Balaban J connectivity index is 2.99. The molecule has 1 rings (SSSR count). The highest BCUT2D eigenvalue weighted by molar-refractivity contribution is 5.97. The van der Waals surface area contributed by atoms with Crippen LogP contribution in [-0.2, 0) is 9.53 Å². The Kier molecular flexibility index (Phi) is 4.34. The van der Waals surface area contributed by atoms with Crippen LogP contribution in [0.15, 0.2) is 12.1 Å². The monoisotopic (exact) mass is 261 g/mol. The lowest BCUT2D eigenvalue weighted by atomic mass is 10.0. The predicted octanol–water partition coefficient (Wildman–Crippen LogP) is 2.86. The fourth-order valence-electron chi connectivity index (χ4n) is 1.27. The van der Waals surface area contributed by atoms with Crippen molar-refractivity contribution < 1.29 is 22.7 Å². The van der Waals surface area contributed by atoms with E-state index in [4.69, 9.17) is 4.74 Å². The first-order valence-corrected chi connectivity index (χ1v) is 5.35. The van der Waals surface area contributed by atoms with E-state index in [1.54, 1.807) is 6.92 Å². The topological polar surface area (TPSA) is 38.3 Å². The van der Waals surface area contributed by atoms with Gasteiger partial charge in [-0.2, -0.15) is 0 Å². The molecule has 1 atom stereocenters. The van der Waals surface area contributed by atoms with Gasteiger partial charge in [0, 0.05) is 7.11 Å². The summed E-state index contributed by atoms with van der Waals surface area (Å²) < 4.78 is 44.0. The van der Waals surface area contributed by atoms with Crippen molar-refractivity contribution in [2.75, 3.05) is 12.4 Å². The molecule has 0 heterocycles. The largest absolute Gasteiger partial charge is 0.369 e. The fraction of sp³-hybridized carbons (Fsp3) is 0.417. The maximum absolute atomic E-state index is 13.3. The molecule has 0 aromatic heterocycles. The Morgan fingerprint density at radius 1 is 1.33 bits per heavy atom. The quantitative estimate of drug-likeness (QED) is 0.846. The Labute approximate surface area is 103 Å². The van der Waals surface area contributed by atoms with Crippen molar-refractivity contribution in [3.63, 3.8) is 0 Å². The molecule has 0 saturated carbocycles. The third-order valence-corrected chi connectivity index (χ3v) is 2.89. The number of amides is 1. The molecule has 1 aromatic carbocycles. The molecule has 0 fully saturated rings. The molecule has 3 nitrogen and oxygen atoms in total. The molecule has 1 unspecified atom stereocenters. The fourth-order valence-corrected chi connectivity index (χ4v) is 1.27. The number of anilines is 1. The number of rotatable bonds is 4. The lowest BCUT2D eigenvalue weighted by Gasteiger charge is -2.25. The maximum Gasteiger partial charge on any atom is 0.256 e. The smallest absolute Gasteiger partial charge is 0.256 e. The number of hydrogen-bond acceptors (Lipinski definition) is 2. The zero-order chi connectivity index (χ0) is 13.9. The first-order chi connectivity index (χ1) is 8.35. The summed E-state index contributed by atoms with van der Waals surface area (Å²) in [6, 6.07) is 1.70. The summed E-state index contributed by atoms with van der Waals surface area (Å²) in [4.78, 5) is 11.8. The minimum absolute atomic E-state index is 0.348. The molecule has 18 heavy (non-hydrogen) atoms. The van der Waals surface area contributed by atoms with E-state index in [0.29, 0.717) is 6.42 Å². The summed E-state index contributed by atoms with van der Waals surface area (Å²) in [5.41, 5.74) is -1.58. The third kappa shape index (κ3) is 2.64. The Hall–Kier alpha value is -1.56. The molecule has 1 aromatic rings. The highest BCUT2D eigenvalue weighted by atomic mass is 19.2. The van der Waals surface area contributed by atoms with E-state index in [-0.39, 0.29) is 0 Å². The van der Waals surface area contributed by atoms with Gasteiger partial charge in [-0.15, -0.1) is 0 Å². The number of carbonyl (C=O) groups excluding carboxylic acids is 1. The summed E-state index contributed by atoms with van der Waals surface area (Å²) >= 11 is 0. The highest BCUT2D eigenvalue weighted by Gasteiger charge is 2.31. The molecule has 1 N–H and O–H groups in total. The first kappa shape index (κ1) is 14.5. The standard InChI is InChI=1S/C12H14F3NO2/c1-4-12(2,18-3)11(17)16-8-6-5-7(13)9(14)10(8)15/h5-6H,4H2,1-3H3,(H,16,17). The Morgan fingerprint density at radius 2 is 1.94 bits per heavy atom. The minimum Gasteiger partial charge on any atom is -0.369 e. The van der Waals surface area contributed by atoms with E-state index in [2.05, 4.69) is 5.32 Å². The normalized spacial score (nSPS) is 14.1. The van der Waals surface area contributed by atoms with Gasteiger partial charge in [-0.05, 0) is 25.5 Å².